The monoisotopic (exact) mass is 277 g/mol. The van der Waals surface area contributed by atoms with Crippen LogP contribution in [0.2, 0.25) is 0 Å². The van der Waals surface area contributed by atoms with Gasteiger partial charge in [-0.2, -0.15) is 0 Å². The summed E-state index contributed by atoms with van der Waals surface area (Å²) in [6.07, 6.45) is 2.23. The molecule has 0 saturated carbocycles. The Morgan fingerprint density at radius 2 is 2.00 bits per heavy atom. The molecule has 0 bridgehead atoms. The van der Waals surface area contributed by atoms with E-state index >= 15 is 0 Å². The zero-order valence-corrected chi connectivity index (χ0v) is 12.8. The van der Waals surface area contributed by atoms with Crippen LogP contribution in [0.15, 0.2) is 24.3 Å². The largest absolute Gasteiger partial charge is 0.493 e. The van der Waals surface area contributed by atoms with Crippen molar-refractivity contribution in [3.63, 3.8) is 0 Å². The molecule has 112 valence electrons. The molecule has 0 radical (unpaired) electrons. The minimum absolute atomic E-state index is 0.561. The fraction of sp³-hybridized carbons (Fsp3) is 0.647. The average molecular weight is 277 g/mol. The van der Waals surface area contributed by atoms with E-state index in [0.717, 1.165) is 58.0 Å². The Balaban J connectivity index is 1.76. The number of nitrogens with zero attached hydrogens (tertiary/aromatic N) is 1. The fourth-order valence-electron chi connectivity index (χ4n) is 2.53. The van der Waals surface area contributed by atoms with E-state index < -0.39 is 0 Å². The fourth-order valence-corrected chi connectivity index (χ4v) is 2.53. The van der Waals surface area contributed by atoms with E-state index in [1.807, 2.05) is 0 Å². The van der Waals surface area contributed by atoms with Crippen LogP contribution < -0.4 is 4.74 Å². The van der Waals surface area contributed by atoms with Crippen LogP contribution in [-0.4, -0.2) is 44.4 Å². The van der Waals surface area contributed by atoms with Crippen molar-refractivity contribution in [1.29, 1.82) is 0 Å². The van der Waals surface area contributed by atoms with Crippen molar-refractivity contribution in [3.05, 3.63) is 29.8 Å². The van der Waals surface area contributed by atoms with Gasteiger partial charge in [0, 0.05) is 19.6 Å². The Bertz CT molecular complexity index is 388. The van der Waals surface area contributed by atoms with Gasteiger partial charge in [0.1, 0.15) is 5.75 Å². The first kappa shape index (κ1) is 15.3. The predicted octanol–water partition coefficient (Wildman–Crippen LogP) is 3.30. The van der Waals surface area contributed by atoms with Gasteiger partial charge in [0.2, 0.25) is 0 Å². The highest BCUT2D eigenvalue weighted by atomic mass is 16.5. The van der Waals surface area contributed by atoms with Gasteiger partial charge in [-0.05, 0) is 30.4 Å². The second-order valence-corrected chi connectivity index (χ2v) is 5.50. The molecule has 0 N–H and O–H groups in total. The normalized spacial score (nSPS) is 17.9. The summed E-state index contributed by atoms with van der Waals surface area (Å²) in [6.45, 7) is 10.2. The third-order valence-corrected chi connectivity index (χ3v) is 4.04. The van der Waals surface area contributed by atoms with Gasteiger partial charge in [0.05, 0.1) is 19.8 Å². The zero-order valence-electron chi connectivity index (χ0n) is 12.8. The van der Waals surface area contributed by atoms with E-state index in [-0.39, 0.29) is 0 Å². The Morgan fingerprint density at radius 3 is 2.75 bits per heavy atom. The van der Waals surface area contributed by atoms with Gasteiger partial charge in [-0.25, -0.2) is 0 Å². The Morgan fingerprint density at radius 1 is 1.25 bits per heavy atom. The summed E-state index contributed by atoms with van der Waals surface area (Å²) in [6, 6.07) is 8.44. The number of ether oxygens (including phenoxy) is 2. The van der Waals surface area contributed by atoms with Gasteiger partial charge >= 0.3 is 0 Å². The van der Waals surface area contributed by atoms with Crippen LogP contribution in [0, 0.1) is 0 Å². The molecule has 1 aliphatic rings. The molecular weight excluding hydrogens is 250 g/mol. The quantitative estimate of drug-likeness (QED) is 0.714. The minimum Gasteiger partial charge on any atom is -0.493 e. The van der Waals surface area contributed by atoms with Crippen molar-refractivity contribution in [3.8, 4) is 5.75 Å². The molecule has 2 rings (SSSR count). The first-order chi connectivity index (χ1) is 9.81. The summed E-state index contributed by atoms with van der Waals surface area (Å²) < 4.78 is 11.4. The summed E-state index contributed by atoms with van der Waals surface area (Å²) in [4.78, 5) is 2.45. The van der Waals surface area contributed by atoms with Crippen LogP contribution in [-0.2, 0) is 4.74 Å². The van der Waals surface area contributed by atoms with E-state index in [1.165, 1.54) is 5.56 Å². The molecule has 1 fully saturated rings. The lowest BCUT2D eigenvalue weighted by Crippen LogP contribution is -2.37. The highest BCUT2D eigenvalue weighted by molar-refractivity contribution is 5.35. The first-order valence-electron chi connectivity index (χ1n) is 7.83. The predicted molar refractivity (Wildman–Crippen MR) is 82.5 cm³/mol. The number of rotatable bonds is 7. The molecule has 0 spiro atoms. The molecule has 0 aliphatic carbocycles. The molecule has 1 unspecified atom stereocenters. The van der Waals surface area contributed by atoms with Crippen LogP contribution in [0.25, 0.3) is 0 Å². The van der Waals surface area contributed by atoms with Crippen LogP contribution in [0.3, 0.4) is 0 Å². The van der Waals surface area contributed by atoms with E-state index in [2.05, 4.69) is 43.0 Å². The Labute approximate surface area is 122 Å². The summed E-state index contributed by atoms with van der Waals surface area (Å²) in [5, 5.41) is 0. The number of hydrogen-bond donors (Lipinski definition) is 0. The maximum atomic E-state index is 5.99. The van der Waals surface area contributed by atoms with Gasteiger partial charge in [-0.3, -0.25) is 4.90 Å². The van der Waals surface area contributed by atoms with Crippen molar-refractivity contribution in [2.75, 3.05) is 39.5 Å². The molecule has 1 aromatic rings. The second kappa shape index (κ2) is 8.28. The van der Waals surface area contributed by atoms with Gasteiger partial charge in [0.25, 0.3) is 0 Å². The lowest BCUT2D eigenvalue weighted by atomic mass is 9.98. The summed E-state index contributed by atoms with van der Waals surface area (Å²) in [7, 11) is 0. The number of para-hydroxylation sites is 1. The van der Waals surface area contributed by atoms with Crippen molar-refractivity contribution < 1.29 is 9.47 Å². The van der Waals surface area contributed by atoms with Gasteiger partial charge in [-0.1, -0.05) is 32.0 Å². The first-order valence-corrected chi connectivity index (χ1v) is 7.83. The van der Waals surface area contributed by atoms with Crippen molar-refractivity contribution in [1.82, 2.24) is 4.90 Å². The van der Waals surface area contributed by atoms with Crippen LogP contribution in [0.4, 0.5) is 0 Å². The van der Waals surface area contributed by atoms with Crippen LogP contribution >= 0.6 is 0 Å². The highest BCUT2D eigenvalue weighted by Gasteiger charge is 2.11. The maximum absolute atomic E-state index is 5.99. The van der Waals surface area contributed by atoms with Gasteiger partial charge < -0.3 is 9.47 Å². The molecular formula is C17H27NO2. The molecule has 1 aromatic carbocycles. The SMILES string of the molecule is CCC(C)c1ccccc1OCCCN1CCOCC1. The van der Waals surface area contributed by atoms with E-state index in [1.54, 1.807) is 0 Å². The van der Waals surface area contributed by atoms with E-state index in [0.29, 0.717) is 5.92 Å². The number of benzene rings is 1. The third-order valence-electron chi connectivity index (χ3n) is 4.04. The van der Waals surface area contributed by atoms with Crippen molar-refractivity contribution in [2.24, 2.45) is 0 Å². The Hall–Kier alpha value is -1.06. The average Bonchev–Trinajstić information content (AvgIpc) is 2.52. The summed E-state index contributed by atoms with van der Waals surface area (Å²) in [5.74, 6) is 1.62. The molecule has 1 aliphatic heterocycles. The molecule has 0 amide bonds. The third kappa shape index (κ3) is 4.50. The van der Waals surface area contributed by atoms with Crippen molar-refractivity contribution in [2.45, 2.75) is 32.6 Å². The topological polar surface area (TPSA) is 21.7 Å². The summed E-state index contributed by atoms with van der Waals surface area (Å²) >= 11 is 0. The Kier molecular flexibility index (Phi) is 6.34. The number of morpholine rings is 1. The lowest BCUT2D eigenvalue weighted by molar-refractivity contribution is 0.0357. The van der Waals surface area contributed by atoms with Crippen molar-refractivity contribution >= 4 is 0 Å². The molecule has 1 saturated heterocycles. The van der Waals surface area contributed by atoms with E-state index in [4.69, 9.17) is 9.47 Å². The second-order valence-electron chi connectivity index (χ2n) is 5.50. The van der Waals surface area contributed by atoms with Gasteiger partial charge in [0.15, 0.2) is 0 Å². The molecule has 3 heteroatoms. The van der Waals surface area contributed by atoms with E-state index in [9.17, 15) is 0 Å². The van der Waals surface area contributed by atoms with Crippen LogP contribution in [0.5, 0.6) is 5.75 Å². The lowest BCUT2D eigenvalue weighted by Gasteiger charge is -2.26. The number of hydrogen-bond acceptors (Lipinski definition) is 3. The van der Waals surface area contributed by atoms with Crippen LogP contribution in [0.1, 0.15) is 38.2 Å². The molecule has 1 heterocycles. The summed E-state index contributed by atoms with van der Waals surface area (Å²) in [5.41, 5.74) is 1.33. The smallest absolute Gasteiger partial charge is 0.122 e. The molecule has 0 aromatic heterocycles. The zero-order chi connectivity index (χ0) is 14.2. The highest BCUT2D eigenvalue weighted by Crippen LogP contribution is 2.28. The van der Waals surface area contributed by atoms with Gasteiger partial charge in [-0.15, -0.1) is 0 Å². The maximum Gasteiger partial charge on any atom is 0.122 e. The molecule has 20 heavy (non-hydrogen) atoms. The minimum atomic E-state index is 0.561. The molecule has 3 nitrogen and oxygen atoms in total. The standard InChI is InChI=1S/C17H27NO2/c1-3-15(2)16-7-4-5-8-17(16)20-12-6-9-18-10-13-19-14-11-18/h4-5,7-8,15H,3,6,9-14H2,1-2H3. The molecule has 1 atom stereocenters.